The van der Waals surface area contributed by atoms with E-state index in [1.54, 1.807) is 12.4 Å². The second-order valence-corrected chi connectivity index (χ2v) is 11.1. The number of aromatic nitrogens is 4. The van der Waals surface area contributed by atoms with Crippen molar-refractivity contribution in [3.05, 3.63) is 82.8 Å². The number of aromatic amines is 1. The van der Waals surface area contributed by atoms with Gasteiger partial charge in [-0.05, 0) is 56.0 Å². The predicted octanol–water partition coefficient (Wildman–Crippen LogP) is 3.78. The number of amides is 1. The maximum atomic E-state index is 14.2. The first-order chi connectivity index (χ1) is 18.4. The van der Waals surface area contributed by atoms with E-state index in [9.17, 15) is 9.18 Å². The minimum atomic E-state index is -0.949. The van der Waals surface area contributed by atoms with Crippen LogP contribution in [-0.4, -0.2) is 56.6 Å². The third kappa shape index (κ3) is 3.98. The van der Waals surface area contributed by atoms with E-state index in [1.165, 1.54) is 0 Å². The lowest BCUT2D eigenvalue weighted by atomic mass is 10.0. The first kappa shape index (κ1) is 23.2. The first-order valence-corrected chi connectivity index (χ1v) is 13.1. The molecule has 1 aromatic carbocycles. The summed E-state index contributed by atoms with van der Waals surface area (Å²) in [5, 5.41) is 4.17. The number of likely N-dealkylation sites (tertiary alicyclic amines) is 1. The Bertz CT molecular complexity index is 1610. The zero-order valence-electron chi connectivity index (χ0n) is 21.5. The highest BCUT2D eigenvalue weighted by molar-refractivity contribution is 5.93. The largest absolute Gasteiger partial charge is 0.356 e. The van der Waals surface area contributed by atoms with E-state index >= 15 is 0 Å². The topological polar surface area (TPSA) is 78.8 Å². The maximum Gasteiger partial charge on any atom is 0.270 e. The number of imidazole rings is 1. The molecule has 0 bridgehead atoms. The summed E-state index contributed by atoms with van der Waals surface area (Å²) in [5.41, 5.74) is 5.16. The van der Waals surface area contributed by atoms with Gasteiger partial charge in [0.05, 0.1) is 18.6 Å². The standard InChI is InChI=1S/C30H29FN6O/c1-18-9-19(7-8-30-13-21(30)14-36(2)16-30)10-25(33-18)29(38)35-27(24-11-20-5-3-4-6-23(20)34-24)28-26-12-22(31)15-37(26)17-32-28/h3-6,9-11,17,21-22,27,34H,12-16H2,1-2H3,(H,35,38)/t21-,22+,27-,30+/m0/s1. The molecule has 5 heterocycles. The summed E-state index contributed by atoms with van der Waals surface area (Å²) in [6.07, 6.45) is 2.15. The number of nitrogens with zero attached hydrogens (tertiary/aromatic N) is 4. The number of nitrogens with one attached hydrogen (secondary N) is 2. The molecule has 3 aliphatic rings. The van der Waals surface area contributed by atoms with Gasteiger partial charge in [0, 0.05) is 53.1 Å². The van der Waals surface area contributed by atoms with Gasteiger partial charge in [0.15, 0.2) is 0 Å². The number of carbonyl (C=O) groups excluding carboxylic acids is 1. The Morgan fingerprint density at radius 3 is 2.95 bits per heavy atom. The fraction of sp³-hybridized carbons (Fsp3) is 0.367. The molecule has 3 aromatic heterocycles. The van der Waals surface area contributed by atoms with E-state index in [0.717, 1.165) is 53.1 Å². The first-order valence-electron chi connectivity index (χ1n) is 13.1. The van der Waals surface area contributed by atoms with Crippen LogP contribution in [0.1, 0.15) is 51.3 Å². The van der Waals surface area contributed by atoms with Gasteiger partial charge in [0.1, 0.15) is 17.9 Å². The van der Waals surface area contributed by atoms with E-state index in [1.807, 2.05) is 47.9 Å². The smallest absolute Gasteiger partial charge is 0.270 e. The second-order valence-electron chi connectivity index (χ2n) is 11.1. The van der Waals surface area contributed by atoms with Crippen LogP contribution in [-0.2, 0) is 13.0 Å². The summed E-state index contributed by atoms with van der Waals surface area (Å²) < 4.78 is 16.1. The molecule has 1 aliphatic carbocycles. The van der Waals surface area contributed by atoms with Crippen LogP contribution in [0.4, 0.5) is 4.39 Å². The lowest BCUT2D eigenvalue weighted by Crippen LogP contribution is -2.31. The lowest BCUT2D eigenvalue weighted by Gasteiger charge is -2.17. The zero-order chi connectivity index (χ0) is 26.0. The van der Waals surface area contributed by atoms with Gasteiger partial charge in [0.25, 0.3) is 5.91 Å². The Morgan fingerprint density at radius 1 is 1.26 bits per heavy atom. The van der Waals surface area contributed by atoms with Crippen LogP contribution in [0.3, 0.4) is 0 Å². The molecule has 1 amide bonds. The molecule has 7 rings (SSSR count). The molecule has 1 saturated carbocycles. The maximum absolute atomic E-state index is 14.2. The van der Waals surface area contributed by atoms with Gasteiger partial charge >= 0.3 is 0 Å². The van der Waals surface area contributed by atoms with Gasteiger partial charge in [-0.3, -0.25) is 4.79 Å². The lowest BCUT2D eigenvalue weighted by molar-refractivity contribution is 0.0936. The van der Waals surface area contributed by atoms with E-state index in [2.05, 4.69) is 44.1 Å². The quantitative estimate of drug-likeness (QED) is 0.411. The van der Waals surface area contributed by atoms with Crippen LogP contribution < -0.4 is 5.32 Å². The number of para-hydroxylation sites is 1. The summed E-state index contributed by atoms with van der Waals surface area (Å²) in [6, 6.07) is 13.1. The van der Waals surface area contributed by atoms with Crippen LogP contribution >= 0.6 is 0 Å². The number of hydrogen-bond donors (Lipinski definition) is 2. The van der Waals surface area contributed by atoms with Gasteiger partial charge in [-0.2, -0.15) is 0 Å². The van der Waals surface area contributed by atoms with E-state index in [0.29, 0.717) is 17.3 Å². The van der Waals surface area contributed by atoms with Crippen LogP contribution in [0, 0.1) is 30.1 Å². The van der Waals surface area contributed by atoms with Crippen molar-refractivity contribution in [1.29, 1.82) is 0 Å². The van der Waals surface area contributed by atoms with Crippen molar-refractivity contribution in [2.45, 2.75) is 38.5 Å². The molecule has 8 heteroatoms. The van der Waals surface area contributed by atoms with Crippen molar-refractivity contribution in [1.82, 2.24) is 29.7 Å². The van der Waals surface area contributed by atoms with Crippen molar-refractivity contribution in [2.24, 2.45) is 11.3 Å². The fourth-order valence-electron chi connectivity index (χ4n) is 6.26. The Balaban J connectivity index is 1.21. The normalized spacial score (nSPS) is 24.5. The highest BCUT2D eigenvalue weighted by Crippen LogP contribution is 2.56. The summed E-state index contributed by atoms with van der Waals surface area (Å²) in [6.45, 7) is 4.27. The number of benzene rings is 1. The summed E-state index contributed by atoms with van der Waals surface area (Å²) in [4.78, 5) is 28.5. The number of piperidine rings is 1. The van der Waals surface area contributed by atoms with E-state index in [-0.39, 0.29) is 24.3 Å². The molecule has 192 valence electrons. The summed E-state index contributed by atoms with van der Waals surface area (Å²) >= 11 is 0. The predicted molar refractivity (Wildman–Crippen MR) is 142 cm³/mol. The molecule has 2 N–H and O–H groups in total. The third-order valence-electron chi connectivity index (χ3n) is 8.16. The molecule has 2 aliphatic heterocycles. The van der Waals surface area contributed by atoms with E-state index < -0.39 is 12.2 Å². The highest BCUT2D eigenvalue weighted by Gasteiger charge is 2.58. The number of carbonyl (C=O) groups is 1. The minimum absolute atomic E-state index is 0.102. The number of halogens is 1. The molecule has 7 nitrogen and oxygen atoms in total. The molecular formula is C30H29FN6O. The number of alkyl halides is 1. The fourth-order valence-corrected chi connectivity index (χ4v) is 6.26. The number of aryl methyl sites for hydroxylation is 1. The second kappa shape index (κ2) is 8.53. The van der Waals surface area contributed by atoms with Gasteiger partial charge in [0.2, 0.25) is 0 Å². The van der Waals surface area contributed by atoms with Crippen molar-refractivity contribution in [3.63, 3.8) is 0 Å². The molecule has 4 aromatic rings. The average molecular weight is 509 g/mol. The number of hydrogen-bond acceptors (Lipinski definition) is 4. The minimum Gasteiger partial charge on any atom is -0.356 e. The Labute approximate surface area is 220 Å². The molecule has 0 unspecified atom stereocenters. The molecule has 1 saturated heterocycles. The van der Waals surface area contributed by atoms with Crippen LogP contribution in [0.25, 0.3) is 10.9 Å². The number of H-pyrrole nitrogens is 1. The molecular weight excluding hydrogens is 479 g/mol. The Kier molecular flexibility index (Phi) is 5.21. The van der Waals surface area contributed by atoms with Crippen molar-refractivity contribution in [3.8, 4) is 11.8 Å². The highest BCUT2D eigenvalue weighted by atomic mass is 19.1. The number of rotatable bonds is 4. The molecule has 4 atom stereocenters. The van der Waals surface area contributed by atoms with Crippen LogP contribution in [0.2, 0.25) is 0 Å². The summed E-state index contributed by atoms with van der Waals surface area (Å²) in [5.74, 6) is 7.17. The van der Waals surface area contributed by atoms with E-state index in [4.69, 9.17) is 0 Å². The SMILES string of the molecule is Cc1cc(C#C[C@]23C[C@H]2CN(C)C3)cc(C(=O)N[C@@H](c2cc3ccccc3[nH]2)c2ncn3c2C[C@@H](F)C3)n1. The average Bonchev–Trinajstić information content (AvgIpc) is 3.33. The van der Waals surface area contributed by atoms with Crippen molar-refractivity contribution < 1.29 is 9.18 Å². The zero-order valence-corrected chi connectivity index (χ0v) is 21.5. The molecule has 0 spiro atoms. The Hall–Kier alpha value is -3.96. The third-order valence-corrected chi connectivity index (χ3v) is 8.16. The van der Waals surface area contributed by atoms with Gasteiger partial charge < -0.3 is 19.8 Å². The van der Waals surface area contributed by atoms with Crippen LogP contribution in [0.5, 0.6) is 0 Å². The summed E-state index contributed by atoms with van der Waals surface area (Å²) in [7, 11) is 2.14. The van der Waals surface area contributed by atoms with Crippen molar-refractivity contribution >= 4 is 16.8 Å². The molecule has 38 heavy (non-hydrogen) atoms. The Morgan fingerprint density at radius 2 is 2.13 bits per heavy atom. The van der Waals surface area contributed by atoms with Crippen molar-refractivity contribution in [2.75, 3.05) is 20.1 Å². The molecule has 0 radical (unpaired) electrons. The van der Waals surface area contributed by atoms with Gasteiger partial charge in [-0.15, -0.1) is 0 Å². The molecule has 2 fully saturated rings. The monoisotopic (exact) mass is 508 g/mol. The van der Waals surface area contributed by atoms with Gasteiger partial charge in [-0.1, -0.05) is 30.0 Å². The number of fused-ring (bicyclic) bond motifs is 3. The number of pyridine rings is 1. The van der Waals surface area contributed by atoms with Gasteiger partial charge in [-0.25, -0.2) is 14.4 Å². The van der Waals surface area contributed by atoms with Crippen LogP contribution in [0.15, 0.2) is 48.8 Å².